The van der Waals surface area contributed by atoms with Crippen molar-refractivity contribution in [3.8, 4) is 5.75 Å². The Morgan fingerprint density at radius 2 is 1.07 bits per heavy atom. The lowest BCUT2D eigenvalue weighted by molar-refractivity contribution is 0.104. The number of benzene rings is 3. The van der Waals surface area contributed by atoms with Crippen LogP contribution in [0.3, 0.4) is 0 Å². The molecule has 3 aromatic carbocycles. The molecule has 3 N–H and O–H groups in total. The van der Waals surface area contributed by atoms with Gasteiger partial charge in [-0.3, -0.25) is 9.59 Å². The Morgan fingerprint density at radius 3 is 1.43 bits per heavy atom. The highest BCUT2D eigenvalue weighted by atomic mass is 16.3. The van der Waals surface area contributed by atoms with Crippen LogP contribution >= 0.6 is 0 Å². The van der Waals surface area contributed by atoms with Gasteiger partial charge in [0.25, 0.3) is 0 Å². The minimum atomic E-state index is -0.650. The third kappa shape index (κ3) is 4.64. The summed E-state index contributed by atoms with van der Waals surface area (Å²) >= 11 is 0. The van der Waals surface area contributed by atoms with E-state index in [0.29, 0.717) is 16.7 Å². The molecule has 3 rings (SSSR count). The molecule has 3 aromatic rings. The topological polar surface area (TPSA) is 94.8 Å². The molecular weight excluding hydrogens is 380 g/mol. The molecular formula is C25H20O5. The zero-order valence-corrected chi connectivity index (χ0v) is 16.2. The maximum atomic E-state index is 12.6. The van der Waals surface area contributed by atoms with Crippen LogP contribution in [0.4, 0.5) is 0 Å². The minimum absolute atomic E-state index is 0.117. The Labute approximate surface area is 173 Å². The van der Waals surface area contributed by atoms with Crippen LogP contribution in [0.25, 0.3) is 11.5 Å². The van der Waals surface area contributed by atoms with Crippen LogP contribution in [-0.4, -0.2) is 26.9 Å². The number of phenolic OH excluding ortho intramolecular Hbond substituents is 1. The number of allylic oxidation sites excluding steroid dienone is 2. The van der Waals surface area contributed by atoms with Crippen molar-refractivity contribution in [2.45, 2.75) is 6.92 Å². The van der Waals surface area contributed by atoms with Crippen molar-refractivity contribution in [3.63, 3.8) is 0 Å². The molecule has 150 valence electrons. The number of hydrogen-bond acceptors (Lipinski definition) is 5. The average Bonchev–Trinajstić information content (AvgIpc) is 2.76. The molecule has 5 heteroatoms. The molecule has 0 aliphatic carbocycles. The van der Waals surface area contributed by atoms with Crippen LogP contribution in [0, 0.1) is 6.92 Å². The van der Waals surface area contributed by atoms with Crippen LogP contribution in [0.15, 0.2) is 84.9 Å². The lowest BCUT2D eigenvalue weighted by atomic mass is 9.97. The molecule has 5 nitrogen and oxygen atoms in total. The van der Waals surface area contributed by atoms with Gasteiger partial charge in [-0.05, 0) is 24.6 Å². The summed E-state index contributed by atoms with van der Waals surface area (Å²) in [4.78, 5) is 25.3. The van der Waals surface area contributed by atoms with Crippen LogP contribution < -0.4 is 0 Å². The lowest BCUT2D eigenvalue weighted by Crippen LogP contribution is -2.04. The zero-order valence-electron chi connectivity index (χ0n) is 16.2. The second-order valence-corrected chi connectivity index (χ2v) is 6.73. The van der Waals surface area contributed by atoms with Crippen molar-refractivity contribution in [3.05, 3.63) is 113 Å². The third-order valence-corrected chi connectivity index (χ3v) is 4.46. The van der Waals surface area contributed by atoms with E-state index in [1.54, 1.807) is 67.6 Å². The number of aliphatic hydroxyl groups excluding tert-OH is 2. The molecule has 0 spiro atoms. The van der Waals surface area contributed by atoms with E-state index < -0.39 is 17.3 Å². The van der Waals surface area contributed by atoms with E-state index in [-0.39, 0.29) is 22.6 Å². The highest BCUT2D eigenvalue weighted by Gasteiger charge is 2.19. The van der Waals surface area contributed by atoms with E-state index in [1.165, 1.54) is 12.1 Å². The first-order valence-corrected chi connectivity index (χ1v) is 9.21. The monoisotopic (exact) mass is 400 g/mol. The predicted octanol–water partition coefficient (Wildman–Crippen LogP) is 5.26. The average molecular weight is 400 g/mol. The van der Waals surface area contributed by atoms with Crippen molar-refractivity contribution in [2.24, 2.45) is 0 Å². The Bertz CT molecular complexity index is 1050. The SMILES string of the molecule is Cc1cc(C(=O)C=C(O)c2ccccc2)c(O)c(C(=O)/C=C(\O)c2ccccc2)c1. The van der Waals surface area contributed by atoms with Crippen LogP contribution in [0.2, 0.25) is 0 Å². The number of aromatic hydroxyl groups is 1. The molecule has 0 saturated heterocycles. The number of hydrogen-bond donors (Lipinski definition) is 3. The van der Waals surface area contributed by atoms with Gasteiger partial charge in [0.2, 0.25) is 0 Å². The fourth-order valence-corrected chi connectivity index (χ4v) is 2.94. The van der Waals surface area contributed by atoms with E-state index >= 15 is 0 Å². The molecule has 0 amide bonds. The first-order valence-electron chi connectivity index (χ1n) is 9.21. The molecule has 0 aliphatic rings. The van der Waals surface area contributed by atoms with E-state index in [2.05, 4.69) is 0 Å². The van der Waals surface area contributed by atoms with Gasteiger partial charge in [-0.2, -0.15) is 0 Å². The maximum absolute atomic E-state index is 12.6. The molecule has 0 fully saturated rings. The predicted molar refractivity (Wildman–Crippen MR) is 116 cm³/mol. The van der Waals surface area contributed by atoms with Gasteiger partial charge < -0.3 is 15.3 Å². The van der Waals surface area contributed by atoms with Gasteiger partial charge in [-0.15, -0.1) is 0 Å². The molecule has 0 heterocycles. The molecule has 0 atom stereocenters. The van der Waals surface area contributed by atoms with Crippen LogP contribution in [0.1, 0.15) is 37.4 Å². The van der Waals surface area contributed by atoms with E-state index in [1.807, 2.05) is 0 Å². The van der Waals surface area contributed by atoms with Gasteiger partial charge in [-0.25, -0.2) is 0 Å². The number of carbonyl (C=O) groups excluding carboxylic acids is 2. The molecule has 0 aromatic heterocycles. The fraction of sp³-hybridized carbons (Fsp3) is 0.0400. The number of carbonyl (C=O) groups is 2. The van der Waals surface area contributed by atoms with E-state index in [9.17, 15) is 24.9 Å². The number of ketones is 2. The molecule has 30 heavy (non-hydrogen) atoms. The number of phenols is 1. The Hall–Kier alpha value is -4.12. The van der Waals surface area contributed by atoms with Crippen LogP contribution in [0.5, 0.6) is 5.75 Å². The smallest absolute Gasteiger partial charge is 0.193 e. The fourth-order valence-electron chi connectivity index (χ4n) is 2.94. The standard InChI is InChI=1S/C25H20O5/c1-16-12-19(23(28)14-21(26)17-8-4-2-5-9-17)25(30)20(13-16)24(29)15-22(27)18-10-6-3-7-11-18/h2-15,26-27,30H,1H3/b21-14-,22-15?. The van der Waals surface area contributed by atoms with Gasteiger partial charge in [0.1, 0.15) is 17.3 Å². The number of aliphatic hydroxyl groups is 2. The molecule has 0 saturated carbocycles. The largest absolute Gasteiger partial charge is 0.507 e. The summed E-state index contributed by atoms with van der Waals surface area (Å²) in [6.45, 7) is 1.68. The summed E-state index contributed by atoms with van der Waals surface area (Å²) in [5.41, 5.74) is 1.23. The summed E-state index contributed by atoms with van der Waals surface area (Å²) in [5, 5.41) is 30.9. The van der Waals surface area contributed by atoms with Crippen molar-refractivity contribution in [1.29, 1.82) is 0 Å². The van der Waals surface area contributed by atoms with E-state index in [4.69, 9.17) is 0 Å². The second kappa shape index (κ2) is 8.92. The third-order valence-electron chi connectivity index (χ3n) is 4.46. The normalized spacial score (nSPS) is 11.9. The molecule has 0 radical (unpaired) electrons. The summed E-state index contributed by atoms with van der Waals surface area (Å²) < 4.78 is 0. The molecule has 0 unspecified atom stereocenters. The van der Waals surface area contributed by atoms with Crippen molar-refractivity contribution in [2.75, 3.05) is 0 Å². The van der Waals surface area contributed by atoms with Gasteiger partial charge in [0.05, 0.1) is 11.1 Å². The zero-order chi connectivity index (χ0) is 21.7. The molecule has 0 aliphatic heterocycles. The van der Waals surface area contributed by atoms with Crippen molar-refractivity contribution in [1.82, 2.24) is 0 Å². The Balaban J connectivity index is 1.95. The second-order valence-electron chi connectivity index (χ2n) is 6.73. The van der Waals surface area contributed by atoms with Gasteiger partial charge >= 0.3 is 0 Å². The van der Waals surface area contributed by atoms with Crippen LogP contribution in [-0.2, 0) is 0 Å². The highest BCUT2D eigenvalue weighted by Crippen LogP contribution is 2.28. The van der Waals surface area contributed by atoms with Crippen molar-refractivity contribution < 1.29 is 24.9 Å². The summed E-state index contributed by atoms with van der Waals surface area (Å²) in [5.74, 6) is -2.32. The van der Waals surface area contributed by atoms with Crippen molar-refractivity contribution >= 4 is 23.1 Å². The van der Waals surface area contributed by atoms with Gasteiger partial charge in [-0.1, -0.05) is 60.7 Å². The number of aryl methyl sites for hydroxylation is 1. The number of rotatable bonds is 6. The Morgan fingerprint density at radius 1 is 0.700 bits per heavy atom. The minimum Gasteiger partial charge on any atom is -0.507 e. The van der Waals surface area contributed by atoms with Gasteiger partial charge in [0, 0.05) is 23.3 Å². The summed E-state index contributed by atoms with van der Waals surface area (Å²) in [6.07, 6.45) is 1.99. The highest BCUT2D eigenvalue weighted by molar-refractivity contribution is 6.15. The first kappa shape index (κ1) is 20.6. The van der Waals surface area contributed by atoms with Gasteiger partial charge in [0.15, 0.2) is 11.6 Å². The quantitative estimate of drug-likeness (QED) is 0.298. The first-order chi connectivity index (χ1) is 14.4. The Kier molecular flexibility index (Phi) is 6.13. The summed E-state index contributed by atoms with van der Waals surface area (Å²) in [7, 11) is 0. The maximum Gasteiger partial charge on any atom is 0.193 e. The lowest BCUT2D eigenvalue weighted by Gasteiger charge is -2.09. The molecule has 0 bridgehead atoms. The van der Waals surface area contributed by atoms with E-state index in [0.717, 1.165) is 12.2 Å². The summed E-state index contributed by atoms with van der Waals surface area (Å²) in [6, 6.07) is 19.9.